The van der Waals surface area contributed by atoms with Crippen molar-refractivity contribution in [2.45, 2.75) is 25.8 Å². The van der Waals surface area contributed by atoms with Gasteiger partial charge in [0.1, 0.15) is 4.88 Å². The predicted molar refractivity (Wildman–Crippen MR) is 74.7 cm³/mol. The fourth-order valence-corrected chi connectivity index (χ4v) is 3.17. The van der Waals surface area contributed by atoms with E-state index in [0.717, 1.165) is 12.8 Å². The number of rotatable bonds is 6. The summed E-state index contributed by atoms with van der Waals surface area (Å²) in [5, 5.41) is 14.9. The number of anilines is 1. The Morgan fingerprint density at radius 1 is 1.61 bits per heavy atom. The number of carboxylic acid groups (broad SMARTS) is 1. The van der Waals surface area contributed by atoms with Gasteiger partial charge in [-0.05, 0) is 17.9 Å². The number of hydrogen-bond acceptors (Lipinski definition) is 5. The van der Waals surface area contributed by atoms with Gasteiger partial charge >= 0.3 is 5.97 Å². The topological polar surface area (TPSA) is 62.2 Å². The van der Waals surface area contributed by atoms with Gasteiger partial charge in [-0.15, -0.1) is 11.3 Å². The molecule has 1 atom stereocenters. The van der Waals surface area contributed by atoms with Crippen molar-refractivity contribution in [3.05, 3.63) is 33.5 Å². The summed E-state index contributed by atoms with van der Waals surface area (Å²) >= 11 is 2.88. The average Bonchev–Trinajstić information content (AvgIpc) is 2.99. The highest BCUT2D eigenvalue weighted by Crippen LogP contribution is 2.29. The first kappa shape index (κ1) is 13.0. The third-order valence-electron chi connectivity index (χ3n) is 2.48. The van der Waals surface area contributed by atoms with Gasteiger partial charge in [0.2, 0.25) is 0 Å². The van der Waals surface area contributed by atoms with Gasteiger partial charge in [-0.25, -0.2) is 9.78 Å². The van der Waals surface area contributed by atoms with Crippen molar-refractivity contribution in [2.75, 3.05) is 5.32 Å². The summed E-state index contributed by atoms with van der Waals surface area (Å²) in [5.74, 6) is -0.927. The van der Waals surface area contributed by atoms with Gasteiger partial charge < -0.3 is 10.4 Å². The van der Waals surface area contributed by atoms with E-state index >= 15 is 0 Å². The molecule has 0 aromatic carbocycles. The second kappa shape index (κ2) is 5.97. The summed E-state index contributed by atoms with van der Waals surface area (Å²) in [7, 11) is 0. The quantitative estimate of drug-likeness (QED) is 0.844. The predicted octanol–water partition coefficient (Wildman–Crippen LogP) is 3.86. The number of thiazole rings is 1. The third-order valence-corrected chi connectivity index (χ3v) is 4.38. The molecule has 0 saturated carbocycles. The van der Waals surface area contributed by atoms with Crippen LogP contribution >= 0.6 is 22.7 Å². The van der Waals surface area contributed by atoms with Crippen LogP contribution in [0.25, 0.3) is 0 Å². The smallest absolute Gasteiger partial charge is 0.347 e. The minimum Gasteiger partial charge on any atom is -0.477 e. The molecule has 0 aliphatic carbocycles. The Kier molecular flexibility index (Phi) is 4.33. The van der Waals surface area contributed by atoms with E-state index in [-0.39, 0.29) is 10.9 Å². The Morgan fingerprint density at radius 2 is 2.44 bits per heavy atom. The average molecular weight is 282 g/mol. The molecule has 0 saturated heterocycles. The molecule has 0 amide bonds. The third kappa shape index (κ3) is 3.08. The molecule has 0 fully saturated rings. The van der Waals surface area contributed by atoms with E-state index in [4.69, 9.17) is 5.11 Å². The zero-order valence-electron chi connectivity index (χ0n) is 9.92. The highest BCUT2D eigenvalue weighted by atomic mass is 32.1. The molecule has 0 aliphatic heterocycles. The number of aromatic carboxylic acids is 1. The summed E-state index contributed by atoms with van der Waals surface area (Å²) in [4.78, 5) is 16.4. The molecule has 2 rings (SSSR count). The highest BCUT2D eigenvalue weighted by Gasteiger charge is 2.15. The van der Waals surface area contributed by atoms with Gasteiger partial charge in [0.15, 0.2) is 5.13 Å². The lowest BCUT2D eigenvalue weighted by atomic mass is 10.1. The Morgan fingerprint density at radius 3 is 3.00 bits per heavy atom. The first-order valence-electron chi connectivity index (χ1n) is 5.69. The molecule has 4 nitrogen and oxygen atoms in total. The second-order valence-electron chi connectivity index (χ2n) is 3.84. The van der Waals surface area contributed by atoms with Gasteiger partial charge in [0.05, 0.1) is 12.2 Å². The number of thiophene rings is 1. The van der Waals surface area contributed by atoms with Gasteiger partial charge in [0.25, 0.3) is 0 Å². The van der Waals surface area contributed by atoms with E-state index < -0.39 is 5.97 Å². The van der Waals surface area contributed by atoms with Crippen molar-refractivity contribution in [1.29, 1.82) is 0 Å². The molecule has 1 unspecified atom stereocenters. The van der Waals surface area contributed by atoms with E-state index in [1.807, 2.05) is 11.4 Å². The number of nitrogens with one attached hydrogen (secondary N) is 1. The molecule has 2 aromatic rings. The Hall–Kier alpha value is -1.40. The van der Waals surface area contributed by atoms with Crippen molar-refractivity contribution >= 4 is 33.8 Å². The second-order valence-corrected chi connectivity index (χ2v) is 5.85. The number of nitrogens with zero attached hydrogens (tertiary/aromatic N) is 1. The number of hydrogen-bond donors (Lipinski definition) is 2. The summed E-state index contributed by atoms with van der Waals surface area (Å²) in [6.07, 6.45) is 3.46. The molecule has 0 aliphatic rings. The Bertz CT molecular complexity index is 508. The van der Waals surface area contributed by atoms with E-state index in [9.17, 15) is 4.79 Å². The van der Waals surface area contributed by atoms with Crippen LogP contribution in [0.3, 0.4) is 0 Å². The zero-order chi connectivity index (χ0) is 13.0. The molecule has 18 heavy (non-hydrogen) atoms. The molecule has 6 heteroatoms. The van der Waals surface area contributed by atoms with E-state index in [0.29, 0.717) is 5.13 Å². The molecule has 96 valence electrons. The van der Waals surface area contributed by atoms with E-state index in [2.05, 4.69) is 23.3 Å². The van der Waals surface area contributed by atoms with Crippen molar-refractivity contribution in [3.8, 4) is 0 Å². The van der Waals surface area contributed by atoms with Crippen LogP contribution in [0.4, 0.5) is 5.13 Å². The highest BCUT2D eigenvalue weighted by molar-refractivity contribution is 7.17. The van der Waals surface area contributed by atoms with Crippen LogP contribution in [0.5, 0.6) is 0 Å². The molecular weight excluding hydrogens is 268 g/mol. The first-order chi connectivity index (χ1) is 8.70. The van der Waals surface area contributed by atoms with E-state index in [1.54, 1.807) is 11.3 Å². The molecular formula is C12H14N2O2S2. The van der Waals surface area contributed by atoms with Gasteiger partial charge in [0, 0.05) is 4.88 Å². The molecule has 2 N–H and O–H groups in total. The standard InChI is InChI=1S/C12H14N2O2S2/c1-2-4-8(9-5-3-6-17-9)14-12-13-7-10(18-12)11(15)16/h3,5-8H,2,4H2,1H3,(H,13,14)(H,15,16). The number of carbonyl (C=O) groups is 1. The van der Waals surface area contributed by atoms with Crippen LogP contribution in [0, 0.1) is 0 Å². The van der Waals surface area contributed by atoms with Crippen LogP contribution in [0.15, 0.2) is 23.7 Å². The fourth-order valence-electron chi connectivity index (χ4n) is 1.65. The monoisotopic (exact) mass is 282 g/mol. The van der Waals surface area contributed by atoms with Crippen LogP contribution in [0.1, 0.15) is 40.4 Å². The minimum absolute atomic E-state index is 0.211. The molecule has 2 heterocycles. The molecule has 0 spiro atoms. The van der Waals surface area contributed by atoms with Crippen LogP contribution in [0.2, 0.25) is 0 Å². The molecule has 0 radical (unpaired) electrons. The van der Waals surface area contributed by atoms with Crippen LogP contribution in [-0.4, -0.2) is 16.1 Å². The van der Waals surface area contributed by atoms with Crippen molar-refractivity contribution in [3.63, 3.8) is 0 Å². The van der Waals surface area contributed by atoms with Crippen LogP contribution < -0.4 is 5.32 Å². The lowest BCUT2D eigenvalue weighted by Gasteiger charge is -2.15. The largest absolute Gasteiger partial charge is 0.477 e. The maximum atomic E-state index is 10.8. The lowest BCUT2D eigenvalue weighted by Crippen LogP contribution is -2.08. The van der Waals surface area contributed by atoms with Gasteiger partial charge in [-0.1, -0.05) is 30.7 Å². The van der Waals surface area contributed by atoms with E-state index in [1.165, 1.54) is 22.4 Å². The summed E-state index contributed by atoms with van der Waals surface area (Å²) in [6, 6.07) is 4.32. The minimum atomic E-state index is -0.927. The normalized spacial score (nSPS) is 12.3. The summed E-state index contributed by atoms with van der Waals surface area (Å²) in [6.45, 7) is 2.13. The van der Waals surface area contributed by atoms with Gasteiger partial charge in [-0.3, -0.25) is 0 Å². The zero-order valence-corrected chi connectivity index (χ0v) is 11.6. The van der Waals surface area contributed by atoms with Crippen molar-refractivity contribution in [2.24, 2.45) is 0 Å². The summed E-state index contributed by atoms with van der Waals surface area (Å²) < 4.78 is 0. The van der Waals surface area contributed by atoms with Crippen molar-refractivity contribution < 1.29 is 9.90 Å². The molecule has 2 aromatic heterocycles. The van der Waals surface area contributed by atoms with Crippen molar-refractivity contribution in [1.82, 2.24) is 4.98 Å². The Balaban J connectivity index is 2.10. The SMILES string of the molecule is CCCC(Nc1ncc(C(=O)O)s1)c1cccs1. The Labute approximate surface area is 113 Å². The first-order valence-corrected chi connectivity index (χ1v) is 7.39. The fraction of sp³-hybridized carbons (Fsp3) is 0.333. The maximum Gasteiger partial charge on any atom is 0.347 e. The number of aromatic nitrogens is 1. The summed E-state index contributed by atoms with van der Waals surface area (Å²) in [5.41, 5.74) is 0. The number of carboxylic acids is 1. The lowest BCUT2D eigenvalue weighted by molar-refractivity contribution is 0.0702. The van der Waals surface area contributed by atoms with Crippen LogP contribution in [-0.2, 0) is 0 Å². The molecule has 0 bridgehead atoms. The van der Waals surface area contributed by atoms with Gasteiger partial charge in [-0.2, -0.15) is 0 Å². The maximum absolute atomic E-state index is 10.8.